The highest BCUT2D eigenvalue weighted by atomic mass is 32.1. The minimum atomic E-state index is -3.10. The molecule has 0 amide bonds. The Hall–Kier alpha value is -5.60. The van der Waals surface area contributed by atoms with Gasteiger partial charge >= 0.3 is 0 Å². The fourth-order valence-electron chi connectivity index (χ4n) is 6.97. The summed E-state index contributed by atoms with van der Waals surface area (Å²) < 4.78 is 16.3. The Morgan fingerprint density at radius 1 is 0.469 bits per heavy atom. The van der Waals surface area contributed by atoms with Gasteiger partial charge in [-0.3, -0.25) is 0 Å². The van der Waals surface area contributed by atoms with E-state index in [1.54, 1.807) is 11.3 Å². The molecule has 9 aromatic rings. The fourth-order valence-corrected chi connectivity index (χ4v) is 11.0. The van der Waals surface area contributed by atoms with Gasteiger partial charge in [-0.15, -0.1) is 11.3 Å². The molecule has 49 heavy (non-hydrogen) atoms. The standard InChI is InChI=1S/C45H30NOPS/c47-48(36-18-6-2-7-19-36,37-20-8-3-9-21-37)38-28-26-33(27-29-38)44-41(35-25-24-31-14-10-11-17-34(31)30-35)42-39-22-12-13-23-40(39)46-43(45(42)49-44)32-15-4-1-5-16-32/h1-30H. The summed E-state index contributed by atoms with van der Waals surface area (Å²) in [5.41, 5.74) is 6.51. The Kier molecular flexibility index (Phi) is 7.31. The molecule has 0 saturated carbocycles. The molecule has 0 fully saturated rings. The summed E-state index contributed by atoms with van der Waals surface area (Å²) in [6.45, 7) is 0. The predicted octanol–water partition coefficient (Wildman–Crippen LogP) is 11.2. The molecule has 0 aliphatic rings. The van der Waals surface area contributed by atoms with Crippen LogP contribution in [0.2, 0.25) is 0 Å². The summed E-state index contributed by atoms with van der Waals surface area (Å²) in [7, 11) is -3.10. The molecule has 2 nitrogen and oxygen atoms in total. The van der Waals surface area contributed by atoms with E-state index in [9.17, 15) is 0 Å². The van der Waals surface area contributed by atoms with E-state index in [0.29, 0.717) is 0 Å². The van der Waals surface area contributed by atoms with E-state index < -0.39 is 7.14 Å². The van der Waals surface area contributed by atoms with Gasteiger partial charge in [-0.05, 0) is 34.0 Å². The average Bonchev–Trinajstić information content (AvgIpc) is 3.59. The molecular weight excluding hydrogens is 634 g/mol. The first-order valence-electron chi connectivity index (χ1n) is 16.4. The highest BCUT2D eigenvalue weighted by Gasteiger charge is 2.30. The number of pyridine rings is 1. The number of aromatic nitrogens is 1. The molecule has 0 bridgehead atoms. The van der Waals surface area contributed by atoms with Gasteiger partial charge in [0.25, 0.3) is 0 Å². The van der Waals surface area contributed by atoms with Crippen molar-refractivity contribution in [3.05, 3.63) is 182 Å². The average molecular weight is 664 g/mol. The fraction of sp³-hybridized carbons (Fsp3) is 0. The van der Waals surface area contributed by atoms with E-state index in [4.69, 9.17) is 4.98 Å². The molecule has 9 rings (SSSR count). The van der Waals surface area contributed by atoms with Crippen LogP contribution < -0.4 is 15.9 Å². The summed E-state index contributed by atoms with van der Waals surface area (Å²) in [6.07, 6.45) is 0. The lowest BCUT2D eigenvalue weighted by molar-refractivity contribution is 0.592. The van der Waals surface area contributed by atoms with Crippen molar-refractivity contribution in [2.45, 2.75) is 0 Å². The zero-order valence-corrected chi connectivity index (χ0v) is 28.2. The van der Waals surface area contributed by atoms with Gasteiger partial charge in [0, 0.05) is 42.7 Å². The lowest BCUT2D eigenvalue weighted by Gasteiger charge is -2.20. The second kappa shape index (κ2) is 12.1. The van der Waals surface area contributed by atoms with Crippen molar-refractivity contribution in [3.8, 4) is 32.8 Å². The van der Waals surface area contributed by atoms with Gasteiger partial charge in [0.05, 0.1) is 15.9 Å². The number of hydrogen-bond acceptors (Lipinski definition) is 3. The Balaban J connectivity index is 1.32. The highest BCUT2D eigenvalue weighted by molar-refractivity contribution is 7.85. The van der Waals surface area contributed by atoms with Gasteiger partial charge in [0.2, 0.25) is 0 Å². The molecule has 0 aliphatic heterocycles. The number of hydrogen-bond donors (Lipinski definition) is 0. The van der Waals surface area contributed by atoms with Crippen LogP contribution in [0.1, 0.15) is 0 Å². The van der Waals surface area contributed by atoms with Gasteiger partial charge in [-0.2, -0.15) is 0 Å². The van der Waals surface area contributed by atoms with Gasteiger partial charge in [-0.25, -0.2) is 4.98 Å². The quantitative estimate of drug-likeness (QED) is 0.166. The van der Waals surface area contributed by atoms with Crippen molar-refractivity contribution in [3.63, 3.8) is 0 Å². The third kappa shape index (κ3) is 5.02. The van der Waals surface area contributed by atoms with E-state index in [1.165, 1.54) is 32.2 Å². The summed E-state index contributed by atoms with van der Waals surface area (Å²) in [5, 5.41) is 7.24. The smallest absolute Gasteiger partial charge is 0.171 e. The van der Waals surface area contributed by atoms with Crippen molar-refractivity contribution in [2.75, 3.05) is 0 Å². The maximum Gasteiger partial charge on any atom is 0.171 e. The maximum absolute atomic E-state index is 15.2. The van der Waals surface area contributed by atoms with Crippen LogP contribution in [0.3, 0.4) is 0 Å². The molecule has 4 heteroatoms. The summed E-state index contributed by atoms with van der Waals surface area (Å²) in [5.74, 6) is 0. The van der Waals surface area contributed by atoms with E-state index in [-0.39, 0.29) is 0 Å². The zero-order chi connectivity index (χ0) is 32.8. The Labute approximate surface area is 289 Å². The number of rotatable bonds is 6. The first-order chi connectivity index (χ1) is 24.2. The first-order valence-corrected chi connectivity index (χ1v) is 18.9. The number of thiophene rings is 1. The van der Waals surface area contributed by atoms with Gasteiger partial charge in [-0.1, -0.05) is 170 Å². The molecule has 0 N–H and O–H groups in total. The molecular formula is C45H30NOPS. The van der Waals surface area contributed by atoms with Crippen molar-refractivity contribution in [1.82, 2.24) is 4.98 Å². The largest absolute Gasteiger partial charge is 0.309 e. The van der Waals surface area contributed by atoms with E-state index >= 15 is 4.57 Å². The normalized spacial score (nSPS) is 11.8. The molecule has 2 aromatic heterocycles. The minimum absolute atomic E-state index is 0.819. The number of benzene rings is 7. The predicted molar refractivity (Wildman–Crippen MR) is 210 cm³/mol. The van der Waals surface area contributed by atoms with Crippen molar-refractivity contribution in [1.29, 1.82) is 0 Å². The molecule has 7 aromatic carbocycles. The van der Waals surface area contributed by atoms with Crippen molar-refractivity contribution in [2.24, 2.45) is 0 Å². The number of para-hydroxylation sites is 1. The summed E-state index contributed by atoms with van der Waals surface area (Å²) >= 11 is 1.79. The van der Waals surface area contributed by atoms with Gasteiger partial charge in [0.1, 0.15) is 0 Å². The SMILES string of the molecule is O=P(c1ccccc1)(c1ccccc1)c1ccc(-c2sc3c(-c4ccccc4)nc4ccccc4c3c2-c2ccc3ccccc3c2)cc1. The lowest BCUT2D eigenvalue weighted by atomic mass is 9.94. The van der Waals surface area contributed by atoms with Crippen LogP contribution in [0.5, 0.6) is 0 Å². The van der Waals surface area contributed by atoms with Crippen LogP contribution >= 0.6 is 18.5 Å². The minimum Gasteiger partial charge on any atom is -0.309 e. The molecule has 0 radical (unpaired) electrons. The summed E-state index contributed by atoms with van der Waals surface area (Å²) in [4.78, 5) is 6.42. The second-order valence-corrected chi connectivity index (χ2v) is 16.0. The number of fused-ring (bicyclic) bond motifs is 4. The molecule has 0 unspecified atom stereocenters. The molecule has 0 atom stereocenters. The van der Waals surface area contributed by atoms with Crippen LogP contribution in [-0.2, 0) is 4.57 Å². The monoisotopic (exact) mass is 663 g/mol. The zero-order valence-electron chi connectivity index (χ0n) is 26.5. The van der Waals surface area contributed by atoms with Gasteiger partial charge in [0.15, 0.2) is 7.14 Å². The topological polar surface area (TPSA) is 30.0 Å². The van der Waals surface area contributed by atoms with Gasteiger partial charge < -0.3 is 4.57 Å². The first kappa shape index (κ1) is 29.5. The number of nitrogens with zero attached hydrogens (tertiary/aromatic N) is 1. The Morgan fingerprint density at radius 3 is 1.71 bits per heavy atom. The maximum atomic E-state index is 15.2. The molecule has 0 aliphatic carbocycles. The second-order valence-electron chi connectivity index (χ2n) is 12.2. The molecule has 0 saturated heterocycles. The molecule has 0 spiro atoms. The third-order valence-corrected chi connectivity index (χ3v) is 13.7. The van der Waals surface area contributed by atoms with Crippen molar-refractivity contribution < 1.29 is 4.57 Å². The van der Waals surface area contributed by atoms with E-state index in [0.717, 1.165) is 48.3 Å². The Morgan fingerprint density at radius 2 is 1.02 bits per heavy atom. The van der Waals surface area contributed by atoms with Crippen molar-refractivity contribution >= 4 is 66.2 Å². The molecule has 232 valence electrons. The van der Waals surface area contributed by atoms with Crippen LogP contribution in [0.4, 0.5) is 0 Å². The van der Waals surface area contributed by atoms with E-state index in [2.05, 4.69) is 115 Å². The summed E-state index contributed by atoms with van der Waals surface area (Å²) in [6, 6.07) is 62.5. The van der Waals surface area contributed by atoms with Crippen LogP contribution in [0, 0.1) is 0 Å². The third-order valence-electron chi connectivity index (χ3n) is 9.35. The van der Waals surface area contributed by atoms with Crippen LogP contribution in [-0.4, -0.2) is 4.98 Å². The highest BCUT2D eigenvalue weighted by Crippen LogP contribution is 2.50. The van der Waals surface area contributed by atoms with E-state index in [1.807, 2.05) is 66.7 Å². The Bertz CT molecular complexity index is 2620. The lowest BCUT2D eigenvalue weighted by Crippen LogP contribution is -2.24. The van der Waals surface area contributed by atoms with Crippen LogP contribution in [0.15, 0.2) is 182 Å². The van der Waals surface area contributed by atoms with Crippen LogP contribution in [0.25, 0.3) is 64.6 Å². The molecule has 2 heterocycles.